The predicted molar refractivity (Wildman–Crippen MR) is 238 cm³/mol. The molecule has 0 amide bonds. The van der Waals surface area contributed by atoms with Crippen molar-refractivity contribution in [2.24, 2.45) is 0 Å². The molecule has 56 heavy (non-hydrogen) atoms. The van der Waals surface area contributed by atoms with Gasteiger partial charge in [-0.3, -0.25) is 0 Å². The van der Waals surface area contributed by atoms with E-state index < -0.39 is 0 Å². The second kappa shape index (κ2) is 11.2. The molecule has 0 bridgehead atoms. The molecule has 0 aliphatic carbocycles. The highest BCUT2D eigenvalue weighted by Crippen LogP contribution is 2.43. The van der Waals surface area contributed by atoms with Gasteiger partial charge in [0.05, 0.1) is 22.1 Å². The average molecular weight is 731 g/mol. The number of thiophene rings is 1. The number of hydrogen-bond donors (Lipinski definition) is 0. The van der Waals surface area contributed by atoms with E-state index in [0.29, 0.717) is 0 Å². The summed E-state index contributed by atoms with van der Waals surface area (Å²) in [6, 6.07) is 66.6. The Morgan fingerprint density at radius 3 is 1.91 bits per heavy atom. The van der Waals surface area contributed by atoms with Crippen LogP contribution in [-0.2, 0) is 0 Å². The van der Waals surface area contributed by atoms with Crippen molar-refractivity contribution in [2.45, 2.75) is 0 Å². The van der Waals surface area contributed by atoms with Gasteiger partial charge in [-0.2, -0.15) is 0 Å². The zero-order valence-electron chi connectivity index (χ0n) is 30.0. The summed E-state index contributed by atoms with van der Waals surface area (Å²) in [6.07, 6.45) is 0. The minimum absolute atomic E-state index is 0.933. The number of hydrogen-bond acceptors (Lipinski definition) is 2. The van der Waals surface area contributed by atoms with Gasteiger partial charge >= 0.3 is 0 Å². The molecule has 4 heteroatoms. The van der Waals surface area contributed by atoms with Crippen molar-refractivity contribution in [1.82, 2.24) is 9.13 Å². The van der Waals surface area contributed by atoms with Crippen LogP contribution in [0.5, 0.6) is 0 Å². The molecule has 3 nitrogen and oxygen atoms in total. The molecular formula is C52H30N2OS. The topological polar surface area (TPSA) is 23.0 Å². The SMILES string of the molecule is c1ccc(-n2c3ccccc3c3cc(-c4ccc5c(ccc6c5c5ccccc5n6-c5ccc6sc7cc8oc9ccccc9c8cc7c6c5)c4)ccc32)cc1. The largest absolute Gasteiger partial charge is 0.456 e. The van der Waals surface area contributed by atoms with Crippen molar-refractivity contribution in [2.75, 3.05) is 0 Å². The minimum atomic E-state index is 0.933. The van der Waals surface area contributed by atoms with E-state index in [0.717, 1.165) is 16.6 Å². The summed E-state index contributed by atoms with van der Waals surface area (Å²) < 4.78 is 13.6. The molecule has 0 fully saturated rings. The Labute approximate surface area is 324 Å². The fraction of sp³-hybridized carbons (Fsp3) is 0. The van der Waals surface area contributed by atoms with Crippen LogP contribution in [0.25, 0.3) is 119 Å². The quantitative estimate of drug-likeness (QED) is 0.177. The van der Waals surface area contributed by atoms with Crippen molar-refractivity contribution >= 4 is 108 Å². The Balaban J connectivity index is 0.978. The molecule has 0 N–H and O–H groups in total. The summed E-state index contributed by atoms with van der Waals surface area (Å²) in [5.74, 6) is 0. The summed E-state index contributed by atoms with van der Waals surface area (Å²) in [7, 11) is 0. The van der Waals surface area contributed by atoms with Gasteiger partial charge in [0.2, 0.25) is 0 Å². The number of benzene rings is 9. The third-order valence-electron chi connectivity index (χ3n) is 11.9. The molecule has 0 saturated heterocycles. The Morgan fingerprint density at radius 2 is 1.02 bits per heavy atom. The lowest BCUT2D eigenvalue weighted by Crippen LogP contribution is -1.93. The van der Waals surface area contributed by atoms with Crippen molar-refractivity contribution in [3.8, 4) is 22.5 Å². The van der Waals surface area contributed by atoms with E-state index >= 15 is 0 Å². The first-order valence-corrected chi connectivity index (χ1v) is 19.9. The van der Waals surface area contributed by atoms with Crippen LogP contribution in [0.15, 0.2) is 186 Å². The standard InChI is InChI=1S/C52H30N2OS/c1-2-10-34(11-3-1)53-44-15-7-4-12-37(44)40-27-32(19-23-46(40)53)31-18-22-36-33(26-31)20-24-47-52(36)39-14-5-8-16-45(39)54(47)35-21-25-50-42(28-35)43-29-41-38-13-6-9-17-48(38)55-49(41)30-51(43)56-50/h1-30H. The van der Waals surface area contributed by atoms with Gasteiger partial charge < -0.3 is 13.6 Å². The van der Waals surface area contributed by atoms with Gasteiger partial charge in [-0.05, 0) is 107 Å². The molecule has 13 rings (SSSR count). The third-order valence-corrected chi connectivity index (χ3v) is 13.0. The molecule has 13 aromatic rings. The monoisotopic (exact) mass is 730 g/mol. The zero-order chi connectivity index (χ0) is 36.5. The van der Waals surface area contributed by atoms with Crippen molar-refractivity contribution in [3.63, 3.8) is 0 Å². The molecule has 9 aromatic carbocycles. The smallest absolute Gasteiger partial charge is 0.136 e. The Morgan fingerprint density at radius 1 is 0.339 bits per heavy atom. The van der Waals surface area contributed by atoms with Crippen molar-refractivity contribution < 1.29 is 4.42 Å². The average Bonchev–Trinajstić information content (AvgIpc) is 3.99. The van der Waals surface area contributed by atoms with Gasteiger partial charge in [0.25, 0.3) is 0 Å². The fourth-order valence-corrected chi connectivity index (χ4v) is 10.5. The highest BCUT2D eigenvalue weighted by atomic mass is 32.1. The second-order valence-electron chi connectivity index (χ2n) is 14.9. The van der Waals surface area contributed by atoms with Crippen LogP contribution in [-0.4, -0.2) is 9.13 Å². The van der Waals surface area contributed by atoms with E-state index in [9.17, 15) is 0 Å². The molecule has 0 radical (unpaired) electrons. The molecule has 0 saturated carbocycles. The van der Waals surface area contributed by atoms with Gasteiger partial charge in [-0.1, -0.05) is 97.1 Å². The van der Waals surface area contributed by atoms with Crippen LogP contribution < -0.4 is 0 Å². The maximum atomic E-state index is 6.25. The lowest BCUT2D eigenvalue weighted by molar-refractivity contribution is 0.669. The molecule has 0 spiro atoms. The van der Waals surface area contributed by atoms with Crippen molar-refractivity contribution in [1.29, 1.82) is 0 Å². The van der Waals surface area contributed by atoms with Gasteiger partial charge in [0, 0.05) is 63.9 Å². The number of furan rings is 1. The number of aromatic nitrogens is 2. The first kappa shape index (κ1) is 30.2. The first-order chi connectivity index (χ1) is 27.7. The summed E-state index contributed by atoms with van der Waals surface area (Å²) in [6.45, 7) is 0. The fourth-order valence-electron chi connectivity index (χ4n) is 9.39. The number of rotatable bonds is 3. The van der Waals surface area contributed by atoms with Crippen LogP contribution in [0, 0.1) is 0 Å². The van der Waals surface area contributed by atoms with E-state index in [4.69, 9.17) is 4.42 Å². The summed E-state index contributed by atoms with van der Waals surface area (Å²) in [4.78, 5) is 0. The van der Waals surface area contributed by atoms with E-state index in [-0.39, 0.29) is 0 Å². The molecule has 4 aromatic heterocycles. The van der Waals surface area contributed by atoms with Gasteiger partial charge in [-0.25, -0.2) is 0 Å². The molecule has 260 valence electrons. The molecular weight excluding hydrogens is 701 g/mol. The summed E-state index contributed by atoms with van der Waals surface area (Å²) >= 11 is 1.83. The Hall–Kier alpha value is -7.14. The van der Waals surface area contributed by atoms with Crippen LogP contribution in [0.4, 0.5) is 0 Å². The van der Waals surface area contributed by atoms with Crippen LogP contribution in [0.1, 0.15) is 0 Å². The van der Waals surface area contributed by atoms with E-state index in [1.165, 1.54) is 102 Å². The van der Waals surface area contributed by atoms with E-state index in [2.05, 4.69) is 185 Å². The normalized spacial score (nSPS) is 12.3. The summed E-state index contributed by atoms with van der Waals surface area (Å²) in [5, 5.41) is 12.4. The Bertz CT molecular complexity index is 3770. The zero-order valence-corrected chi connectivity index (χ0v) is 30.8. The van der Waals surface area contributed by atoms with E-state index in [1.807, 2.05) is 17.4 Å². The van der Waals surface area contributed by atoms with Crippen LogP contribution in [0.2, 0.25) is 0 Å². The molecule has 0 atom stereocenters. The molecule has 0 aliphatic heterocycles. The first-order valence-electron chi connectivity index (χ1n) is 19.1. The second-order valence-corrected chi connectivity index (χ2v) is 16.0. The molecule has 0 unspecified atom stereocenters. The lowest BCUT2D eigenvalue weighted by atomic mass is 9.97. The number of nitrogens with zero attached hydrogens (tertiary/aromatic N) is 2. The predicted octanol–water partition coefficient (Wildman–Crippen LogP) is 15.0. The van der Waals surface area contributed by atoms with Crippen LogP contribution >= 0.6 is 11.3 Å². The van der Waals surface area contributed by atoms with Gasteiger partial charge in [0.1, 0.15) is 11.2 Å². The van der Waals surface area contributed by atoms with Gasteiger partial charge in [0.15, 0.2) is 0 Å². The van der Waals surface area contributed by atoms with Gasteiger partial charge in [-0.15, -0.1) is 11.3 Å². The summed E-state index contributed by atoms with van der Waals surface area (Å²) in [5.41, 5.74) is 11.5. The maximum absolute atomic E-state index is 6.25. The lowest BCUT2D eigenvalue weighted by Gasteiger charge is -2.10. The van der Waals surface area contributed by atoms with E-state index in [1.54, 1.807) is 0 Å². The van der Waals surface area contributed by atoms with Crippen molar-refractivity contribution in [3.05, 3.63) is 182 Å². The highest BCUT2D eigenvalue weighted by Gasteiger charge is 2.18. The molecule has 4 heterocycles. The number of para-hydroxylation sites is 4. The molecule has 0 aliphatic rings. The number of fused-ring (bicyclic) bond motifs is 14. The minimum Gasteiger partial charge on any atom is -0.456 e. The van der Waals surface area contributed by atoms with Crippen LogP contribution in [0.3, 0.4) is 0 Å². The Kier molecular flexibility index (Phi) is 6.04. The maximum Gasteiger partial charge on any atom is 0.136 e. The third kappa shape index (κ3) is 4.16. The highest BCUT2D eigenvalue weighted by molar-refractivity contribution is 7.25.